The summed E-state index contributed by atoms with van der Waals surface area (Å²) in [4.78, 5) is 11.4. The molecule has 6 nitrogen and oxygen atoms in total. The number of anilines is 1. The smallest absolute Gasteiger partial charge is 0.351 e. The lowest BCUT2D eigenvalue weighted by molar-refractivity contribution is -0.135. The number of carbonyl (C=O) groups excluding carboxylic acids is 1. The van der Waals surface area contributed by atoms with Crippen LogP contribution < -0.4 is 10.1 Å². The van der Waals surface area contributed by atoms with Gasteiger partial charge in [-0.2, -0.15) is 0 Å². The molecule has 0 atom stereocenters. The summed E-state index contributed by atoms with van der Waals surface area (Å²) >= 11 is 5.77. The molecular weight excluding hydrogens is 366 g/mol. The van der Waals surface area contributed by atoms with E-state index in [9.17, 15) is 13.2 Å². The Hall–Kier alpha value is -2.51. The topological polar surface area (TPSA) is 81.7 Å². The summed E-state index contributed by atoms with van der Waals surface area (Å²) in [5, 5.41) is 3.16. The van der Waals surface area contributed by atoms with Crippen molar-refractivity contribution < 1.29 is 22.7 Å². The summed E-state index contributed by atoms with van der Waals surface area (Å²) < 4.78 is 35.0. The molecule has 132 valence electrons. The van der Waals surface area contributed by atoms with E-state index < -0.39 is 20.7 Å². The number of esters is 1. The van der Waals surface area contributed by atoms with Gasteiger partial charge in [-0.1, -0.05) is 11.6 Å². The highest BCUT2D eigenvalue weighted by Gasteiger charge is 2.28. The van der Waals surface area contributed by atoms with Crippen LogP contribution in [0, 0.1) is 0 Å². The number of methoxy groups -OCH3 is 2. The molecule has 25 heavy (non-hydrogen) atoms. The Bertz CT molecular complexity index is 874. The molecule has 0 aliphatic rings. The van der Waals surface area contributed by atoms with Gasteiger partial charge in [0.1, 0.15) is 5.75 Å². The molecule has 0 amide bonds. The van der Waals surface area contributed by atoms with Crippen molar-refractivity contribution in [1.82, 2.24) is 0 Å². The summed E-state index contributed by atoms with van der Waals surface area (Å²) in [6.07, 6.45) is 1.09. The number of hydrogen-bond donors (Lipinski definition) is 1. The third kappa shape index (κ3) is 4.52. The molecule has 1 N–H and O–H groups in total. The summed E-state index contributed by atoms with van der Waals surface area (Å²) in [5.41, 5.74) is 0.577. The molecule has 0 aliphatic heterocycles. The molecule has 0 saturated heterocycles. The second-order valence-corrected chi connectivity index (χ2v) is 7.18. The van der Waals surface area contributed by atoms with Gasteiger partial charge in [0.05, 0.1) is 19.1 Å². The van der Waals surface area contributed by atoms with Crippen molar-refractivity contribution in [3.63, 3.8) is 0 Å². The van der Waals surface area contributed by atoms with Crippen LogP contribution in [-0.2, 0) is 19.4 Å². The molecular formula is C17H16ClNO5S. The average Bonchev–Trinajstić information content (AvgIpc) is 2.62. The molecule has 0 aliphatic carbocycles. The van der Waals surface area contributed by atoms with Gasteiger partial charge in [0.25, 0.3) is 0 Å². The van der Waals surface area contributed by atoms with Crippen LogP contribution in [0.2, 0.25) is 5.02 Å². The lowest BCUT2D eigenvalue weighted by Crippen LogP contribution is -2.16. The maximum absolute atomic E-state index is 12.7. The highest BCUT2D eigenvalue weighted by molar-refractivity contribution is 7.96. The van der Waals surface area contributed by atoms with E-state index >= 15 is 0 Å². The monoisotopic (exact) mass is 381 g/mol. The Morgan fingerprint density at radius 2 is 1.64 bits per heavy atom. The normalized spacial score (nSPS) is 11.7. The summed E-state index contributed by atoms with van der Waals surface area (Å²) in [6.45, 7) is 0. The minimum absolute atomic E-state index is 0.0647. The first-order chi connectivity index (χ1) is 11.9. The molecule has 0 spiro atoms. The van der Waals surface area contributed by atoms with E-state index in [0.717, 1.165) is 13.3 Å². The summed E-state index contributed by atoms with van der Waals surface area (Å²) in [6, 6.07) is 12.3. The minimum atomic E-state index is -4.07. The number of hydrogen-bond acceptors (Lipinski definition) is 6. The molecule has 0 saturated carbocycles. The number of ether oxygens (including phenoxy) is 2. The zero-order valence-corrected chi connectivity index (χ0v) is 15.1. The molecule has 0 bridgehead atoms. The van der Waals surface area contributed by atoms with E-state index in [-0.39, 0.29) is 4.90 Å². The van der Waals surface area contributed by atoms with Crippen LogP contribution in [0.1, 0.15) is 0 Å². The fourth-order valence-electron chi connectivity index (χ4n) is 1.92. The van der Waals surface area contributed by atoms with E-state index in [2.05, 4.69) is 10.1 Å². The first kappa shape index (κ1) is 18.8. The van der Waals surface area contributed by atoms with Gasteiger partial charge >= 0.3 is 5.97 Å². The van der Waals surface area contributed by atoms with E-state index in [1.165, 1.54) is 31.4 Å². The highest BCUT2D eigenvalue weighted by atomic mass is 35.5. The first-order valence-corrected chi connectivity index (χ1v) is 8.94. The summed E-state index contributed by atoms with van der Waals surface area (Å²) in [5.74, 6) is -0.326. The summed E-state index contributed by atoms with van der Waals surface area (Å²) in [7, 11) is -1.42. The van der Waals surface area contributed by atoms with E-state index in [1.54, 1.807) is 24.3 Å². The Kier molecular flexibility index (Phi) is 6.06. The molecule has 2 rings (SSSR count). The van der Waals surface area contributed by atoms with Gasteiger partial charge in [-0.3, -0.25) is 0 Å². The van der Waals surface area contributed by atoms with Gasteiger partial charge < -0.3 is 14.8 Å². The predicted octanol–water partition coefficient (Wildman–Crippen LogP) is 3.25. The number of carbonyl (C=O) groups is 1. The molecule has 8 heteroatoms. The van der Waals surface area contributed by atoms with Crippen molar-refractivity contribution in [2.75, 3.05) is 19.5 Å². The van der Waals surface area contributed by atoms with Crippen LogP contribution >= 0.6 is 11.6 Å². The maximum atomic E-state index is 12.7. The van der Waals surface area contributed by atoms with Crippen LogP contribution in [0.5, 0.6) is 5.75 Å². The number of rotatable bonds is 6. The SMILES string of the molecule is COC(=O)/C(=C\Nc1ccc(OC)cc1)S(=O)(=O)c1ccc(Cl)cc1. The van der Waals surface area contributed by atoms with Crippen molar-refractivity contribution in [2.24, 2.45) is 0 Å². The third-order valence-electron chi connectivity index (χ3n) is 3.26. The Balaban J connectivity index is 2.37. The van der Waals surface area contributed by atoms with Crippen molar-refractivity contribution in [3.05, 3.63) is 64.7 Å². The molecule has 0 unspecified atom stereocenters. The van der Waals surface area contributed by atoms with Crippen LogP contribution in [0.4, 0.5) is 5.69 Å². The van der Waals surface area contributed by atoms with Crippen molar-refractivity contribution >= 4 is 33.1 Å². The number of sulfone groups is 1. The van der Waals surface area contributed by atoms with Crippen molar-refractivity contribution in [2.45, 2.75) is 4.90 Å². The number of halogens is 1. The molecule has 2 aromatic carbocycles. The molecule has 0 heterocycles. The van der Waals surface area contributed by atoms with Crippen LogP contribution in [0.25, 0.3) is 0 Å². The Morgan fingerprint density at radius 1 is 1.04 bits per heavy atom. The lowest BCUT2D eigenvalue weighted by Gasteiger charge is -2.09. The van der Waals surface area contributed by atoms with Crippen molar-refractivity contribution in [1.29, 1.82) is 0 Å². The zero-order chi connectivity index (χ0) is 18.4. The van der Waals surface area contributed by atoms with Gasteiger partial charge in [-0.15, -0.1) is 0 Å². The van der Waals surface area contributed by atoms with Gasteiger partial charge in [-0.05, 0) is 48.5 Å². The van der Waals surface area contributed by atoms with Gasteiger partial charge in [0, 0.05) is 16.9 Å². The van der Waals surface area contributed by atoms with Crippen LogP contribution in [0.3, 0.4) is 0 Å². The van der Waals surface area contributed by atoms with E-state index in [1.807, 2.05) is 0 Å². The van der Waals surface area contributed by atoms with Crippen molar-refractivity contribution in [3.8, 4) is 5.75 Å². The third-order valence-corrected chi connectivity index (χ3v) is 5.27. The first-order valence-electron chi connectivity index (χ1n) is 7.08. The zero-order valence-electron chi connectivity index (χ0n) is 13.5. The molecule has 0 radical (unpaired) electrons. The van der Waals surface area contributed by atoms with Gasteiger partial charge in [0.15, 0.2) is 4.91 Å². The maximum Gasteiger partial charge on any atom is 0.351 e. The quantitative estimate of drug-likeness (QED) is 0.611. The van der Waals surface area contributed by atoms with Crippen LogP contribution in [0.15, 0.2) is 64.5 Å². The molecule has 0 aromatic heterocycles. The second-order valence-electron chi connectivity index (χ2n) is 4.83. The minimum Gasteiger partial charge on any atom is -0.497 e. The molecule has 0 fully saturated rings. The Labute approximate surface area is 150 Å². The number of nitrogens with one attached hydrogen (secondary N) is 1. The molecule has 2 aromatic rings. The fourth-order valence-corrected chi connectivity index (χ4v) is 3.31. The standard InChI is InChI=1S/C17H16ClNO5S/c1-23-14-7-5-13(6-8-14)19-11-16(17(20)24-2)25(21,22)15-9-3-12(18)4-10-15/h3-11,19H,1-2H3/b16-11+. The largest absolute Gasteiger partial charge is 0.497 e. The van der Waals surface area contributed by atoms with Crippen LogP contribution in [-0.4, -0.2) is 28.6 Å². The lowest BCUT2D eigenvalue weighted by atomic mass is 10.3. The second kappa shape index (κ2) is 8.04. The van der Waals surface area contributed by atoms with Gasteiger partial charge in [0.2, 0.25) is 9.84 Å². The fraction of sp³-hybridized carbons (Fsp3) is 0.118. The number of benzene rings is 2. The predicted molar refractivity (Wildman–Crippen MR) is 95.4 cm³/mol. The van der Waals surface area contributed by atoms with Gasteiger partial charge in [-0.25, -0.2) is 13.2 Å². The highest BCUT2D eigenvalue weighted by Crippen LogP contribution is 2.23. The van der Waals surface area contributed by atoms with E-state index in [4.69, 9.17) is 16.3 Å². The Morgan fingerprint density at radius 3 is 2.16 bits per heavy atom. The average molecular weight is 382 g/mol. The van der Waals surface area contributed by atoms with E-state index in [0.29, 0.717) is 16.5 Å².